The molecule has 0 radical (unpaired) electrons. The largest absolute Gasteiger partial charge is 0.448 e. The summed E-state index contributed by atoms with van der Waals surface area (Å²) in [5.41, 5.74) is 1.78. The van der Waals surface area contributed by atoms with Crippen LogP contribution in [0.1, 0.15) is 50.0 Å². The van der Waals surface area contributed by atoms with Crippen LogP contribution in [0.4, 0.5) is 0 Å². The molecule has 0 aromatic carbocycles. The minimum absolute atomic E-state index is 0.210. The first-order chi connectivity index (χ1) is 25.6. The number of nitrogens with zero attached hydrogens (tertiary/aromatic N) is 2. The third kappa shape index (κ3) is 13.6. The monoisotopic (exact) mass is 1000 g/mol. The average molecular weight is 1010 g/mol. The van der Waals surface area contributed by atoms with Gasteiger partial charge in [-0.1, -0.05) is 25.7 Å². The van der Waals surface area contributed by atoms with Crippen molar-refractivity contribution in [3.8, 4) is 0 Å². The predicted octanol–water partition coefficient (Wildman–Crippen LogP) is 12.1. The maximum absolute atomic E-state index is 14.6. The first kappa shape index (κ1) is 47.8. The van der Waals surface area contributed by atoms with Gasteiger partial charge in [-0.3, -0.25) is 9.59 Å². The fraction of sp³-hybridized carbons (Fsp3) is 0.632. The molecule has 56 heavy (non-hydrogen) atoms. The molecule has 0 N–H and O–H groups in total. The molecule has 0 aliphatic carbocycles. The van der Waals surface area contributed by atoms with Crippen LogP contribution in [-0.2, 0) is 26.0 Å². The Labute approximate surface area is 359 Å². The van der Waals surface area contributed by atoms with E-state index >= 15 is 0 Å². The number of hydrogen-bond acceptors (Lipinski definition) is 8. The summed E-state index contributed by atoms with van der Waals surface area (Å²) in [6, 6.07) is 9.04. The molecular weight excluding hydrogens is 941 g/mol. The number of rotatable bonds is 22. The van der Waals surface area contributed by atoms with Crippen molar-refractivity contribution in [3.63, 3.8) is 0 Å². The van der Waals surface area contributed by atoms with Crippen LogP contribution in [0, 0.1) is 0 Å². The number of carbonyl (C=O) groups excluding carboxylic acids is 2. The first-order valence-electron chi connectivity index (χ1n) is 20.0. The summed E-state index contributed by atoms with van der Waals surface area (Å²) in [4.78, 5) is 32.7. The molecule has 314 valence electrons. The second-order valence-corrected chi connectivity index (χ2v) is 46.6. The van der Waals surface area contributed by atoms with Crippen molar-refractivity contribution in [2.75, 3.05) is 13.1 Å². The Morgan fingerprint density at radius 2 is 0.786 bits per heavy atom. The van der Waals surface area contributed by atoms with Crippen LogP contribution in [0.2, 0.25) is 104 Å². The highest BCUT2D eigenvalue weighted by Crippen LogP contribution is 2.48. The Balaban J connectivity index is 1.55. The number of carbonyl (C=O) groups is 2. The Hall–Kier alpha value is -0.919. The Morgan fingerprint density at radius 1 is 0.482 bits per heavy atom. The highest BCUT2D eigenvalue weighted by atomic mass is 79.9. The molecule has 2 aromatic rings. The van der Waals surface area contributed by atoms with Gasteiger partial charge in [0.15, 0.2) is 54.1 Å². The van der Waals surface area contributed by atoms with E-state index in [9.17, 15) is 9.59 Å². The third-order valence-corrected chi connectivity index (χ3v) is 29.0. The van der Waals surface area contributed by atoms with Crippen LogP contribution in [0.5, 0.6) is 0 Å². The van der Waals surface area contributed by atoms with Crippen LogP contribution in [-0.4, -0.2) is 85.1 Å². The lowest BCUT2D eigenvalue weighted by Crippen LogP contribution is -2.52. The lowest BCUT2D eigenvalue weighted by molar-refractivity contribution is -0.124. The normalized spacial score (nSPS) is 16.4. The number of unbranched alkanes of at least 4 members (excludes halogenated alkanes) is 4. The molecule has 0 fully saturated rings. The number of halogens is 2. The molecule has 0 saturated heterocycles. The molecule has 0 spiro atoms. The van der Waals surface area contributed by atoms with Crippen LogP contribution in [0.25, 0.3) is 11.4 Å². The Morgan fingerprint density at radius 3 is 1.04 bits per heavy atom. The van der Waals surface area contributed by atoms with Crippen LogP contribution < -0.4 is 0 Å². The lowest BCUT2D eigenvalue weighted by Gasteiger charge is -2.38. The maximum Gasteiger partial charge on any atom is 0.314 e. The number of furan rings is 2. The third-order valence-electron chi connectivity index (χ3n) is 8.91. The Kier molecular flexibility index (Phi) is 15.7. The molecule has 2 aliphatic rings. The zero-order valence-electron chi connectivity index (χ0n) is 36.3. The van der Waals surface area contributed by atoms with Gasteiger partial charge in [-0.15, -0.1) is 0 Å². The van der Waals surface area contributed by atoms with Gasteiger partial charge in [0, 0.05) is 13.1 Å². The molecule has 4 heterocycles. The minimum atomic E-state index is -2.37. The Bertz CT molecular complexity index is 1620. The van der Waals surface area contributed by atoms with Crippen molar-refractivity contribution < 1.29 is 34.9 Å². The average Bonchev–Trinajstić information content (AvgIpc) is 3.74. The number of amides is 2. The summed E-state index contributed by atoms with van der Waals surface area (Å²) >= 11 is 6.90. The molecule has 2 amide bonds. The van der Waals surface area contributed by atoms with E-state index in [0.717, 1.165) is 50.6 Å². The van der Waals surface area contributed by atoms with Gasteiger partial charge in [0.1, 0.15) is 11.4 Å². The van der Waals surface area contributed by atoms with Crippen molar-refractivity contribution in [1.82, 2.24) is 9.80 Å². The van der Waals surface area contributed by atoms with Gasteiger partial charge in [0.05, 0.1) is 11.1 Å². The first-order valence-corrected chi connectivity index (χ1v) is 40.3. The second kappa shape index (κ2) is 18.4. The van der Waals surface area contributed by atoms with Gasteiger partial charge in [-0.2, -0.15) is 0 Å². The van der Waals surface area contributed by atoms with Crippen LogP contribution in [0.15, 0.2) is 53.6 Å². The van der Waals surface area contributed by atoms with E-state index in [2.05, 4.69) is 124 Å². The SMILES string of the molecule is C[Si](C)(C)O[Si](C)(CCCCCN1C(=O)C2=C(c3ccc(Br)o3)N(CCCCC[Si](C)(O[Si](C)(C)C)O[Si](C)(C)C)C(=O)C2=C1c1ccc(Br)o1)O[Si](C)(C)C. The smallest absolute Gasteiger partial charge is 0.314 e. The summed E-state index contributed by atoms with van der Waals surface area (Å²) in [7, 11) is -12.0. The summed E-state index contributed by atoms with van der Waals surface area (Å²) in [5.74, 6) is 0.536. The van der Waals surface area contributed by atoms with Crippen LogP contribution >= 0.6 is 31.9 Å². The molecule has 2 aliphatic heterocycles. The molecule has 4 rings (SSSR count). The summed E-state index contributed by atoms with van der Waals surface area (Å²) in [5, 5.41) is 0. The quantitative estimate of drug-likeness (QED) is 0.0849. The van der Waals surface area contributed by atoms with Gasteiger partial charge >= 0.3 is 17.1 Å². The maximum atomic E-state index is 14.6. The van der Waals surface area contributed by atoms with Gasteiger partial charge in [-0.25, -0.2) is 0 Å². The highest BCUT2D eigenvalue weighted by Gasteiger charge is 2.50. The fourth-order valence-corrected chi connectivity index (χ4v) is 33.7. The van der Waals surface area contributed by atoms with Gasteiger partial charge in [0.25, 0.3) is 11.8 Å². The number of fused-ring (bicyclic) bond motifs is 1. The molecule has 18 heteroatoms. The van der Waals surface area contributed by atoms with E-state index in [-0.39, 0.29) is 11.8 Å². The van der Waals surface area contributed by atoms with E-state index in [1.165, 1.54) is 0 Å². The summed E-state index contributed by atoms with van der Waals surface area (Å²) in [6.07, 6.45) is 5.18. The zero-order chi connectivity index (χ0) is 42.1. The van der Waals surface area contributed by atoms with Crippen molar-refractivity contribution in [1.29, 1.82) is 0 Å². The lowest BCUT2D eigenvalue weighted by atomic mass is 10.1. The second-order valence-electron chi connectivity index (χ2n) is 19.3. The molecule has 2 aromatic heterocycles. The van der Waals surface area contributed by atoms with E-state index in [0.29, 0.717) is 56.5 Å². The molecule has 0 bridgehead atoms. The summed E-state index contributed by atoms with van der Waals surface area (Å²) in [6.45, 7) is 32.0. The zero-order valence-corrected chi connectivity index (χ0v) is 45.5. The molecule has 10 nitrogen and oxygen atoms in total. The van der Waals surface area contributed by atoms with Gasteiger partial charge in [-0.05, 0) is 173 Å². The topological polar surface area (TPSA) is 104 Å². The molecular formula is C38H66Br2N2O8Si6. The standard InChI is InChI=1S/C38H66Br2N2O8Si6/c1-51(2,3)47-55(13,48-52(4,5)6)27-19-15-17-25-41-35(29-21-23-31(39)45-29)33-34(37(41)43)36(30-22-24-32(40)46-30)42(38(33)44)26-18-16-20-28-56(14,49-53(7,8)9)50-54(10,11)12/h21-24H,15-20,25-28H2,1-14H3. The van der Waals surface area contributed by atoms with Gasteiger partial charge in [0.2, 0.25) is 0 Å². The van der Waals surface area contributed by atoms with E-state index in [1.807, 2.05) is 12.1 Å². The van der Waals surface area contributed by atoms with Crippen molar-refractivity contribution in [2.45, 2.75) is 142 Å². The van der Waals surface area contributed by atoms with Crippen LogP contribution in [0.3, 0.4) is 0 Å². The van der Waals surface area contributed by atoms with E-state index in [1.54, 1.807) is 21.9 Å². The molecule has 0 atom stereocenters. The predicted molar refractivity (Wildman–Crippen MR) is 248 cm³/mol. The molecule has 0 unspecified atom stereocenters. The van der Waals surface area contributed by atoms with E-state index in [4.69, 9.17) is 25.3 Å². The molecule has 0 saturated carbocycles. The van der Waals surface area contributed by atoms with E-state index < -0.39 is 50.4 Å². The van der Waals surface area contributed by atoms with Crippen molar-refractivity contribution in [3.05, 3.63) is 56.3 Å². The number of hydrogen-bond donors (Lipinski definition) is 0. The van der Waals surface area contributed by atoms with Gasteiger partial charge < -0.3 is 35.1 Å². The highest BCUT2D eigenvalue weighted by molar-refractivity contribution is 9.10. The minimum Gasteiger partial charge on any atom is -0.448 e. The summed E-state index contributed by atoms with van der Waals surface area (Å²) < 4.78 is 40.1. The fourth-order valence-electron chi connectivity index (χ4n) is 7.84. The van der Waals surface area contributed by atoms with Crippen molar-refractivity contribution in [2.24, 2.45) is 0 Å². The van der Waals surface area contributed by atoms with Crippen molar-refractivity contribution >= 4 is 105 Å².